The number of morpholine rings is 1. The van der Waals surface area contributed by atoms with Gasteiger partial charge in [0.25, 0.3) is 5.91 Å². The number of fused-ring (bicyclic) bond motifs is 1. The van der Waals surface area contributed by atoms with E-state index in [1.165, 1.54) is 0 Å². The molecule has 3 aromatic rings. The molecule has 0 bridgehead atoms. The van der Waals surface area contributed by atoms with E-state index in [9.17, 15) is 9.59 Å². The van der Waals surface area contributed by atoms with E-state index in [2.05, 4.69) is 25.0 Å². The highest BCUT2D eigenvalue weighted by atomic mass is 16.5. The van der Waals surface area contributed by atoms with Crippen LogP contribution in [-0.4, -0.2) is 92.5 Å². The monoisotopic (exact) mass is 482 g/mol. The number of anilines is 1. The average molecular weight is 483 g/mol. The lowest BCUT2D eigenvalue weighted by Gasteiger charge is -2.31. The smallest absolute Gasteiger partial charge is 0.306 e. The van der Waals surface area contributed by atoms with Gasteiger partial charge in [0, 0.05) is 45.8 Å². The van der Waals surface area contributed by atoms with Crippen molar-refractivity contribution in [3.8, 4) is 11.4 Å². The molecule has 186 valence electrons. The standard InChI is InChI=1S/C23H30N8O4/c1-3-35-17(32)12-15-4-6-31(7-5-15)23(33)21-25-18-20(27-21)26-19(16-13-24-29(2)14-16)28-22(18)30-8-10-34-11-9-30/h13-15H,3-12H2,1-2H3,(H,25,26,27,28). The van der Waals surface area contributed by atoms with Crippen LogP contribution in [-0.2, 0) is 21.3 Å². The number of carbonyl (C=O) groups is 2. The third-order valence-corrected chi connectivity index (χ3v) is 6.47. The molecule has 0 aromatic carbocycles. The second-order valence-electron chi connectivity index (χ2n) is 8.90. The van der Waals surface area contributed by atoms with Crippen LogP contribution in [0.5, 0.6) is 0 Å². The number of imidazole rings is 1. The van der Waals surface area contributed by atoms with E-state index in [-0.39, 0.29) is 23.6 Å². The van der Waals surface area contributed by atoms with Crippen molar-refractivity contribution in [2.75, 3.05) is 50.9 Å². The number of hydrogen-bond donors (Lipinski definition) is 1. The average Bonchev–Trinajstić information content (AvgIpc) is 3.50. The first-order chi connectivity index (χ1) is 17.0. The Balaban J connectivity index is 1.39. The second kappa shape index (κ2) is 9.98. The molecule has 0 saturated carbocycles. The molecule has 12 nitrogen and oxygen atoms in total. The largest absolute Gasteiger partial charge is 0.466 e. The summed E-state index contributed by atoms with van der Waals surface area (Å²) in [4.78, 5) is 46.2. The quantitative estimate of drug-likeness (QED) is 0.518. The molecular weight excluding hydrogens is 452 g/mol. The Bertz CT molecular complexity index is 1210. The van der Waals surface area contributed by atoms with Gasteiger partial charge in [-0.15, -0.1) is 0 Å². The summed E-state index contributed by atoms with van der Waals surface area (Å²) in [6.07, 6.45) is 5.48. The molecule has 2 fully saturated rings. The van der Waals surface area contributed by atoms with Crippen LogP contribution in [0.25, 0.3) is 22.6 Å². The van der Waals surface area contributed by atoms with Gasteiger partial charge >= 0.3 is 5.97 Å². The fourth-order valence-electron chi connectivity index (χ4n) is 4.60. The molecule has 12 heteroatoms. The van der Waals surface area contributed by atoms with Crippen LogP contribution in [0.1, 0.15) is 36.8 Å². The number of nitrogens with one attached hydrogen (secondary N) is 1. The third kappa shape index (κ3) is 4.97. The number of nitrogens with zero attached hydrogens (tertiary/aromatic N) is 7. The molecule has 0 aliphatic carbocycles. The number of ether oxygens (including phenoxy) is 2. The maximum Gasteiger partial charge on any atom is 0.306 e. The molecule has 1 N–H and O–H groups in total. The molecule has 0 spiro atoms. The van der Waals surface area contributed by atoms with Gasteiger partial charge in [-0.3, -0.25) is 14.3 Å². The lowest BCUT2D eigenvalue weighted by molar-refractivity contribution is -0.144. The highest BCUT2D eigenvalue weighted by molar-refractivity contribution is 5.96. The number of esters is 1. The second-order valence-corrected chi connectivity index (χ2v) is 8.90. The molecule has 0 radical (unpaired) electrons. The first-order valence-electron chi connectivity index (χ1n) is 12.1. The molecule has 0 atom stereocenters. The van der Waals surface area contributed by atoms with Crippen molar-refractivity contribution in [1.29, 1.82) is 0 Å². The molecule has 2 aliphatic rings. The summed E-state index contributed by atoms with van der Waals surface area (Å²) >= 11 is 0. The summed E-state index contributed by atoms with van der Waals surface area (Å²) in [5.41, 5.74) is 1.87. The zero-order valence-corrected chi connectivity index (χ0v) is 20.1. The predicted molar refractivity (Wildman–Crippen MR) is 127 cm³/mol. The van der Waals surface area contributed by atoms with Crippen molar-refractivity contribution in [1.82, 2.24) is 34.6 Å². The van der Waals surface area contributed by atoms with E-state index in [1.807, 2.05) is 13.2 Å². The van der Waals surface area contributed by atoms with Gasteiger partial charge in [0.05, 0.1) is 31.6 Å². The number of aryl methyl sites for hydroxylation is 1. The number of aromatic nitrogens is 6. The molecule has 35 heavy (non-hydrogen) atoms. The number of amides is 1. The van der Waals surface area contributed by atoms with Gasteiger partial charge in [-0.1, -0.05) is 0 Å². The van der Waals surface area contributed by atoms with Gasteiger partial charge in [-0.25, -0.2) is 15.0 Å². The summed E-state index contributed by atoms with van der Waals surface area (Å²) in [6.45, 7) is 5.93. The highest BCUT2D eigenvalue weighted by Gasteiger charge is 2.28. The number of carbonyl (C=O) groups excluding carboxylic acids is 2. The molecule has 1 amide bonds. The minimum atomic E-state index is -0.173. The Labute approximate surface area is 202 Å². The fourth-order valence-corrected chi connectivity index (χ4v) is 4.60. The first-order valence-corrected chi connectivity index (χ1v) is 12.1. The van der Waals surface area contributed by atoms with E-state index in [0.29, 0.717) is 75.2 Å². The molecule has 2 saturated heterocycles. The molecule has 5 rings (SSSR count). The van der Waals surface area contributed by atoms with Crippen molar-refractivity contribution in [3.05, 3.63) is 18.2 Å². The molecule has 5 heterocycles. The molecule has 2 aliphatic heterocycles. The van der Waals surface area contributed by atoms with Crippen LogP contribution in [0.2, 0.25) is 0 Å². The van der Waals surface area contributed by atoms with Crippen molar-refractivity contribution >= 4 is 28.9 Å². The van der Waals surface area contributed by atoms with E-state index in [4.69, 9.17) is 14.5 Å². The lowest BCUT2D eigenvalue weighted by atomic mass is 9.93. The molecule has 0 unspecified atom stereocenters. The van der Waals surface area contributed by atoms with E-state index in [0.717, 1.165) is 18.4 Å². The molecular formula is C23H30N8O4. The maximum atomic E-state index is 13.3. The number of aromatic amines is 1. The van der Waals surface area contributed by atoms with Gasteiger partial charge in [-0.2, -0.15) is 5.10 Å². The van der Waals surface area contributed by atoms with Crippen LogP contribution in [0.4, 0.5) is 5.82 Å². The van der Waals surface area contributed by atoms with Gasteiger partial charge < -0.3 is 24.3 Å². The third-order valence-electron chi connectivity index (χ3n) is 6.47. The van der Waals surface area contributed by atoms with E-state index >= 15 is 0 Å². The first kappa shape index (κ1) is 23.2. The van der Waals surface area contributed by atoms with E-state index < -0.39 is 0 Å². The summed E-state index contributed by atoms with van der Waals surface area (Å²) in [5.74, 6) is 1.35. The zero-order chi connectivity index (χ0) is 24.4. The van der Waals surface area contributed by atoms with Gasteiger partial charge in [0.15, 0.2) is 23.1 Å². The normalized spacial score (nSPS) is 17.2. The summed E-state index contributed by atoms with van der Waals surface area (Å²) < 4.78 is 12.3. The number of likely N-dealkylation sites (tertiary alicyclic amines) is 1. The fraction of sp³-hybridized carbons (Fsp3) is 0.565. The zero-order valence-electron chi connectivity index (χ0n) is 20.1. The van der Waals surface area contributed by atoms with Crippen LogP contribution in [0.15, 0.2) is 12.4 Å². The van der Waals surface area contributed by atoms with Gasteiger partial charge in [0.1, 0.15) is 5.52 Å². The van der Waals surface area contributed by atoms with Crippen LogP contribution < -0.4 is 4.90 Å². The van der Waals surface area contributed by atoms with Crippen molar-refractivity contribution in [2.45, 2.75) is 26.2 Å². The van der Waals surface area contributed by atoms with Crippen molar-refractivity contribution in [3.63, 3.8) is 0 Å². The SMILES string of the molecule is CCOC(=O)CC1CCN(C(=O)c2nc3nc(-c4cnn(C)c4)nc(N4CCOCC4)c3[nH]2)CC1. The highest BCUT2D eigenvalue weighted by Crippen LogP contribution is 2.28. The van der Waals surface area contributed by atoms with Crippen molar-refractivity contribution in [2.24, 2.45) is 13.0 Å². The van der Waals surface area contributed by atoms with Crippen molar-refractivity contribution < 1.29 is 19.1 Å². The van der Waals surface area contributed by atoms with E-state index in [1.54, 1.807) is 22.7 Å². The Morgan fingerprint density at radius 1 is 1.14 bits per heavy atom. The maximum absolute atomic E-state index is 13.3. The Morgan fingerprint density at radius 2 is 1.91 bits per heavy atom. The van der Waals surface area contributed by atoms with Gasteiger partial charge in [-0.05, 0) is 25.7 Å². The minimum absolute atomic E-state index is 0.173. The van der Waals surface area contributed by atoms with Crippen LogP contribution in [0, 0.1) is 5.92 Å². The number of hydrogen-bond acceptors (Lipinski definition) is 9. The van der Waals surface area contributed by atoms with Crippen LogP contribution >= 0.6 is 0 Å². The van der Waals surface area contributed by atoms with Gasteiger partial charge in [0.2, 0.25) is 0 Å². The molecule has 3 aromatic heterocycles. The minimum Gasteiger partial charge on any atom is -0.466 e. The number of rotatable bonds is 6. The summed E-state index contributed by atoms with van der Waals surface area (Å²) in [5, 5.41) is 4.23. The predicted octanol–water partition coefficient (Wildman–Crippen LogP) is 1.40. The summed E-state index contributed by atoms with van der Waals surface area (Å²) in [7, 11) is 1.84. The lowest BCUT2D eigenvalue weighted by Crippen LogP contribution is -2.39. The summed E-state index contributed by atoms with van der Waals surface area (Å²) in [6, 6.07) is 0. The number of H-pyrrole nitrogens is 1. The van der Waals surface area contributed by atoms with Crippen LogP contribution in [0.3, 0.4) is 0 Å². The Hall–Kier alpha value is -3.54. The topological polar surface area (TPSA) is 131 Å². The number of piperidine rings is 1. The Kier molecular flexibility index (Phi) is 6.62. The Morgan fingerprint density at radius 3 is 2.60 bits per heavy atom.